The highest BCUT2D eigenvalue weighted by Crippen LogP contribution is 2.05. The van der Waals surface area contributed by atoms with Crippen molar-refractivity contribution >= 4 is 11.7 Å². The number of furan rings is 1. The fourth-order valence-corrected chi connectivity index (χ4v) is 2.85. The molecule has 2 heterocycles. The summed E-state index contributed by atoms with van der Waals surface area (Å²) in [5, 5.41) is 2.84. The Hall–Kier alpha value is -2.40. The van der Waals surface area contributed by atoms with Crippen LogP contribution >= 0.6 is 0 Å². The molecule has 1 aliphatic rings. The lowest BCUT2D eigenvalue weighted by Gasteiger charge is -2.23. The van der Waals surface area contributed by atoms with Crippen molar-refractivity contribution in [2.75, 3.05) is 13.1 Å². The number of carbonyl (C=O) groups excluding carboxylic acids is 2. The van der Waals surface area contributed by atoms with E-state index in [-0.39, 0.29) is 17.5 Å². The van der Waals surface area contributed by atoms with Crippen LogP contribution in [0.15, 0.2) is 53.1 Å². The predicted octanol–water partition coefficient (Wildman–Crippen LogP) is 0.897. The lowest BCUT2D eigenvalue weighted by atomic mass is 10.1. The molecule has 1 saturated heterocycles. The molecule has 5 heteroatoms. The molecule has 1 aromatic carbocycles. The van der Waals surface area contributed by atoms with E-state index in [4.69, 9.17) is 4.42 Å². The predicted molar refractivity (Wildman–Crippen MR) is 80.7 cm³/mol. The summed E-state index contributed by atoms with van der Waals surface area (Å²) in [4.78, 5) is 26.1. The summed E-state index contributed by atoms with van der Waals surface area (Å²) in [6.45, 7) is 1.78. The van der Waals surface area contributed by atoms with Crippen molar-refractivity contribution in [1.82, 2.24) is 5.32 Å². The Morgan fingerprint density at radius 2 is 1.77 bits per heavy atom. The Labute approximate surface area is 128 Å². The van der Waals surface area contributed by atoms with Crippen LogP contribution in [0.5, 0.6) is 0 Å². The zero-order valence-corrected chi connectivity index (χ0v) is 12.2. The van der Waals surface area contributed by atoms with Gasteiger partial charge in [-0.25, -0.2) is 0 Å². The quantitative estimate of drug-likeness (QED) is 0.806. The molecule has 0 unspecified atom stereocenters. The third kappa shape index (κ3) is 3.09. The molecule has 0 saturated carbocycles. The largest absolute Gasteiger partial charge is 0.459 e. The molecule has 1 aliphatic heterocycles. The van der Waals surface area contributed by atoms with Gasteiger partial charge in [0.05, 0.1) is 19.4 Å². The van der Waals surface area contributed by atoms with Crippen molar-refractivity contribution < 1.29 is 18.9 Å². The second-order valence-corrected chi connectivity index (χ2v) is 5.48. The average molecular weight is 299 g/mol. The molecule has 0 spiro atoms. The first-order valence-corrected chi connectivity index (χ1v) is 7.54. The van der Waals surface area contributed by atoms with E-state index in [2.05, 4.69) is 5.32 Å². The number of rotatable bonds is 5. The van der Waals surface area contributed by atoms with Gasteiger partial charge in [0, 0.05) is 18.4 Å². The summed E-state index contributed by atoms with van der Waals surface area (Å²) < 4.78 is 5.11. The summed E-state index contributed by atoms with van der Waals surface area (Å²) in [5.41, 5.74) is 0.617. The van der Waals surface area contributed by atoms with E-state index in [1.807, 2.05) is 18.2 Å². The number of likely N-dealkylation sites (tertiary alicyclic amines) is 1. The molecule has 0 aliphatic carbocycles. The first kappa shape index (κ1) is 14.5. The summed E-state index contributed by atoms with van der Waals surface area (Å²) >= 11 is 0. The highest BCUT2D eigenvalue weighted by atomic mass is 16.3. The maximum absolute atomic E-state index is 12.8. The number of quaternary nitrogens is 1. The number of ketones is 1. The summed E-state index contributed by atoms with van der Waals surface area (Å²) in [6, 6.07) is 12.4. The number of nitrogens with one attached hydrogen (secondary N) is 2. The molecule has 2 aromatic rings. The number of Topliss-reactive ketones (excluding diaryl/α,β-unsaturated/α-hetero) is 1. The van der Waals surface area contributed by atoms with Gasteiger partial charge in [-0.3, -0.25) is 14.9 Å². The molecule has 1 aromatic heterocycles. The standard InChI is InChI=1S/C17H18N2O3/c20-15(13-7-2-1-3-8-13)16(19-10-4-5-11-19)18-17(21)14-9-6-12-22-14/h1-3,6-9,12,16H,4-5,10-11H2,(H,18,21)/p+1/t16-/m0/s1. The van der Waals surface area contributed by atoms with Crippen LogP contribution < -0.4 is 10.2 Å². The Morgan fingerprint density at radius 1 is 1.05 bits per heavy atom. The maximum atomic E-state index is 12.8. The van der Waals surface area contributed by atoms with E-state index >= 15 is 0 Å². The fourth-order valence-electron chi connectivity index (χ4n) is 2.85. The van der Waals surface area contributed by atoms with E-state index < -0.39 is 6.17 Å². The van der Waals surface area contributed by atoms with Gasteiger partial charge in [-0.15, -0.1) is 0 Å². The van der Waals surface area contributed by atoms with Crippen LogP contribution in [-0.2, 0) is 0 Å². The van der Waals surface area contributed by atoms with Crippen LogP contribution in [0.2, 0.25) is 0 Å². The number of hydrogen-bond donors (Lipinski definition) is 2. The van der Waals surface area contributed by atoms with Gasteiger partial charge in [0.25, 0.3) is 5.91 Å². The fraction of sp³-hybridized carbons (Fsp3) is 0.294. The lowest BCUT2D eigenvalue weighted by molar-refractivity contribution is -0.905. The van der Waals surface area contributed by atoms with E-state index in [1.165, 1.54) is 6.26 Å². The molecule has 114 valence electrons. The monoisotopic (exact) mass is 299 g/mol. The Morgan fingerprint density at radius 3 is 2.41 bits per heavy atom. The third-order valence-electron chi connectivity index (χ3n) is 3.99. The third-order valence-corrected chi connectivity index (χ3v) is 3.99. The Kier molecular flexibility index (Phi) is 4.34. The minimum atomic E-state index is -0.567. The first-order chi connectivity index (χ1) is 10.8. The molecule has 0 radical (unpaired) electrons. The van der Waals surface area contributed by atoms with E-state index in [1.54, 1.807) is 24.3 Å². The average Bonchev–Trinajstić information content (AvgIpc) is 3.25. The van der Waals surface area contributed by atoms with Crippen LogP contribution in [0.1, 0.15) is 33.8 Å². The van der Waals surface area contributed by atoms with Gasteiger partial charge < -0.3 is 9.32 Å². The smallest absolute Gasteiger partial charge is 0.291 e. The van der Waals surface area contributed by atoms with E-state index in [0.717, 1.165) is 30.8 Å². The Balaban J connectivity index is 1.81. The molecule has 1 atom stereocenters. The van der Waals surface area contributed by atoms with Crippen LogP contribution in [0.3, 0.4) is 0 Å². The normalized spacial score (nSPS) is 16.4. The minimum absolute atomic E-state index is 0.0580. The van der Waals surface area contributed by atoms with Crippen LogP contribution in [0.4, 0.5) is 0 Å². The molecule has 5 nitrogen and oxygen atoms in total. The molecule has 1 amide bonds. The highest BCUT2D eigenvalue weighted by Gasteiger charge is 2.34. The van der Waals surface area contributed by atoms with Gasteiger partial charge >= 0.3 is 0 Å². The van der Waals surface area contributed by atoms with Crippen LogP contribution in [0.25, 0.3) is 0 Å². The van der Waals surface area contributed by atoms with Gasteiger partial charge in [-0.2, -0.15) is 0 Å². The molecular weight excluding hydrogens is 280 g/mol. The number of carbonyl (C=O) groups is 2. The number of benzene rings is 1. The van der Waals surface area contributed by atoms with Crippen molar-refractivity contribution in [3.8, 4) is 0 Å². The van der Waals surface area contributed by atoms with Gasteiger partial charge in [-0.05, 0) is 12.1 Å². The molecule has 2 N–H and O–H groups in total. The van der Waals surface area contributed by atoms with Crippen molar-refractivity contribution in [3.63, 3.8) is 0 Å². The SMILES string of the molecule is O=C(N[C@H](C(=O)c1ccccc1)[NH+]1CCCC1)c1ccco1. The summed E-state index contributed by atoms with van der Waals surface area (Å²) in [6.07, 6.45) is 3.03. The van der Waals surface area contributed by atoms with Gasteiger partial charge in [-0.1, -0.05) is 30.3 Å². The second kappa shape index (κ2) is 6.58. The molecule has 1 fully saturated rings. The van der Waals surface area contributed by atoms with Gasteiger partial charge in [0.15, 0.2) is 5.76 Å². The Bertz CT molecular complexity index is 631. The van der Waals surface area contributed by atoms with Crippen molar-refractivity contribution in [1.29, 1.82) is 0 Å². The van der Waals surface area contributed by atoms with Gasteiger partial charge in [0.2, 0.25) is 11.9 Å². The topological polar surface area (TPSA) is 63.8 Å². The zero-order chi connectivity index (χ0) is 15.4. The molecule has 3 rings (SSSR count). The molecule has 22 heavy (non-hydrogen) atoms. The zero-order valence-electron chi connectivity index (χ0n) is 12.2. The van der Waals surface area contributed by atoms with Crippen molar-refractivity contribution in [2.24, 2.45) is 0 Å². The number of hydrogen-bond acceptors (Lipinski definition) is 3. The van der Waals surface area contributed by atoms with E-state index in [9.17, 15) is 9.59 Å². The van der Waals surface area contributed by atoms with Crippen molar-refractivity contribution in [3.05, 3.63) is 60.1 Å². The maximum Gasteiger partial charge on any atom is 0.291 e. The molecular formula is C17H19N2O3+. The lowest BCUT2D eigenvalue weighted by Crippen LogP contribution is -3.17. The first-order valence-electron chi connectivity index (χ1n) is 7.54. The van der Waals surface area contributed by atoms with Gasteiger partial charge in [0.1, 0.15) is 0 Å². The van der Waals surface area contributed by atoms with Crippen LogP contribution in [0, 0.1) is 0 Å². The molecule has 0 bridgehead atoms. The van der Waals surface area contributed by atoms with E-state index in [0.29, 0.717) is 5.56 Å². The highest BCUT2D eigenvalue weighted by molar-refractivity contribution is 6.02. The summed E-state index contributed by atoms with van der Waals surface area (Å²) in [5.74, 6) is -0.180. The minimum Gasteiger partial charge on any atom is -0.459 e. The van der Waals surface area contributed by atoms with Crippen LogP contribution in [-0.4, -0.2) is 30.9 Å². The second-order valence-electron chi connectivity index (χ2n) is 5.48. The number of amides is 1. The summed E-state index contributed by atoms with van der Waals surface area (Å²) in [7, 11) is 0. The van der Waals surface area contributed by atoms with Crippen molar-refractivity contribution in [2.45, 2.75) is 19.0 Å².